The molecule has 1 aliphatic rings. The van der Waals surface area contributed by atoms with Gasteiger partial charge in [-0.25, -0.2) is 4.79 Å². The number of nitrogens with two attached hydrogens (primary N) is 1. The maximum atomic E-state index is 10.7. The molecule has 0 aliphatic carbocycles. The molecule has 0 saturated carbocycles. The Morgan fingerprint density at radius 2 is 2.08 bits per heavy atom. The van der Waals surface area contributed by atoms with Crippen LogP contribution >= 0.6 is 0 Å². The van der Waals surface area contributed by atoms with Gasteiger partial charge in [0, 0.05) is 12.6 Å². The summed E-state index contributed by atoms with van der Waals surface area (Å²) in [4.78, 5) is 12.1. The highest BCUT2D eigenvalue weighted by Crippen LogP contribution is 2.32. The molecule has 1 saturated heterocycles. The van der Waals surface area contributed by atoms with E-state index in [0.29, 0.717) is 6.54 Å². The van der Waals surface area contributed by atoms with Gasteiger partial charge in [-0.1, -0.05) is 20.8 Å². The molecule has 0 aromatic carbocycles. The van der Waals surface area contributed by atoms with Crippen LogP contribution in [0.5, 0.6) is 0 Å². The SMILES string of the molecule is CC(C)(C)C1C(N)CN1C(=O)O. The number of carboxylic acid groups (broad SMARTS) is 1. The molecule has 12 heavy (non-hydrogen) atoms. The third kappa shape index (κ3) is 1.39. The standard InChI is InChI=1S/C8H16N2O2/c1-8(2,3)6-5(9)4-10(6)7(11)12/h5-6H,4,9H2,1-3H3,(H,11,12). The van der Waals surface area contributed by atoms with E-state index in [-0.39, 0.29) is 17.5 Å². The molecule has 70 valence electrons. The molecule has 1 heterocycles. The zero-order valence-electron chi connectivity index (χ0n) is 7.74. The van der Waals surface area contributed by atoms with E-state index in [2.05, 4.69) is 0 Å². The molecule has 4 heteroatoms. The van der Waals surface area contributed by atoms with Crippen molar-refractivity contribution in [2.75, 3.05) is 6.54 Å². The van der Waals surface area contributed by atoms with Gasteiger partial charge in [0.1, 0.15) is 0 Å². The lowest BCUT2D eigenvalue weighted by Crippen LogP contribution is -2.69. The van der Waals surface area contributed by atoms with Crippen molar-refractivity contribution in [1.29, 1.82) is 0 Å². The molecule has 1 amide bonds. The largest absolute Gasteiger partial charge is 0.465 e. The van der Waals surface area contributed by atoms with Crippen molar-refractivity contribution in [2.45, 2.75) is 32.9 Å². The Hall–Kier alpha value is -0.770. The van der Waals surface area contributed by atoms with Gasteiger partial charge in [0.15, 0.2) is 0 Å². The van der Waals surface area contributed by atoms with E-state index in [0.717, 1.165) is 0 Å². The quantitative estimate of drug-likeness (QED) is 0.566. The van der Waals surface area contributed by atoms with Crippen molar-refractivity contribution in [3.63, 3.8) is 0 Å². The van der Waals surface area contributed by atoms with E-state index in [9.17, 15) is 4.79 Å². The van der Waals surface area contributed by atoms with Crippen LogP contribution in [0.2, 0.25) is 0 Å². The fourth-order valence-corrected chi connectivity index (χ4v) is 1.84. The predicted molar refractivity (Wildman–Crippen MR) is 45.9 cm³/mol. The molecule has 0 aromatic heterocycles. The Morgan fingerprint density at radius 3 is 2.25 bits per heavy atom. The van der Waals surface area contributed by atoms with Crippen LogP contribution in [0.15, 0.2) is 0 Å². The highest BCUT2D eigenvalue weighted by molar-refractivity contribution is 5.67. The summed E-state index contributed by atoms with van der Waals surface area (Å²) >= 11 is 0. The Kier molecular flexibility index (Phi) is 2.04. The third-order valence-electron chi connectivity index (χ3n) is 2.28. The number of amides is 1. The van der Waals surface area contributed by atoms with Gasteiger partial charge in [-0.3, -0.25) is 0 Å². The van der Waals surface area contributed by atoms with Gasteiger partial charge in [0.25, 0.3) is 0 Å². The summed E-state index contributed by atoms with van der Waals surface area (Å²) in [5, 5.41) is 8.76. The summed E-state index contributed by atoms with van der Waals surface area (Å²) in [6.07, 6.45) is -0.864. The Labute approximate surface area is 72.3 Å². The molecule has 1 rings (SSSR count). The molecule has 4 nitrogen and oxygen atoms in total. The van der Waals surface area contributed by atoms with Gasteiger partial charge < -0.3 is 15.7 Å². The average molecular weight is 172 g/mol. The molecule has 1 fully saturated rings. The average Bonchev–Trinajstić information content (AvgIpc) is 1.77. The number of likely N-dealkylation sites (tertiary alicyclic amines) is 1. The zero-order valence-corrected chi connectivity index (χ0v) is 7.74. The van der Waals surface area contributed by atoms with Crippen molar-refractivity contribution >= 4 is 6.09 Å². The number of hydrogen-bond donors (Lipinski definition) is 2. The summed E-state index contributed by atoms with van der Waals surface area (Å²) in [6, 6.07) is -0.0314. The third-order valence-corrected chi connectivity index (χ3v) is 2.28. The second kappa shape index (κ2) is 2.62. The summed E-state index contributed by atoms with van der Waals surface area (Å²) in [7, 11) is 0. The van der Waals surface area contributed by atoms with Gasteiger partial charge >= 0.3 is 6.09 Å². The van der Waals surface area contributed by atoms with Crippen LogP contribution in [-0.2, 0) is 0 Å². The number of rotatable bonds is 0. The van der Waals surface area contributed by atoms with E-state index in [1.165, 1.54) is 4.90 Å². The molecule has 2 unspecified atom stereocenters. The van der Waals surface area contributed by atoms with Gasteiger partial charge in [-0.2, -0.15) is 0 Å². The van der Waals surface area contributed by atoms with E-state index in [1.54, 1.807) is 0 Å². The molecule has 0 bridgehead atoms. The van der Waals surface area contributed by atoms with Crippen LogP contribution < -0.4 is 5.73 Å². The smallest absolute Gasteiger partial charge is 0.407 e. The van der Waals surface area contributed by atoms with Crippen LogP contribution in [-0.4, -0.2) is 34.7 Å². The Morgan fingerprint density at radius 1 is 1.58 bits per heavy atom. The molecule has 3 N–H and O–H groups in total. The van der Waals surface area contributed by atoms with E-state index >= 15 is 0 Å². The second-order valence-electron chi connectivity index (χ2n) is 4.41. The minimum Gasteiger partial charge on any atom is -0.465 e. The fraction of sp³-hybridized carbons (Fsp3) is 0.875. The second-order valence-corrected chi connectivity index (χ2v) is 4.41. The number of hydrogen-bond acceptors (Lipinski definition) is 2. The molecule has 0 spiro atoms. The fourth-order valence-electron chi connectivity index (χ4n) is 1.84. The van der Waals surface area contributed by atoms with E-state index in [4.69, 9.17) is 10.8 Å². The van der Waals surface area contributed by atoms with Crippen LogP contribution in [0.3, 0.4) is 0 Å². The molecular weight excluding hydrogens is 156 g/mol. The molecule has 2 atom stereocenters. The summed E-state index contributed by atoms with van der Waals surface area (Å²) in [5.41, 5.74) is 5.67. The summed E-state index contributed by atoms with van der Waals surface area (Å²) in [5.74, 6) is 0. The first-order chi connectivity index (χ1) is 5.34. The molecular formula is C8H16N2O2. The van der Waals surface area contributed by atoms with Gasteiger partial charge in [0.05, 0.1) is 6.04 Å². The number of carbonyl (C=O) groups is 1. The van der Waals surface area contributed by atoms with Gasteiger partial charge in [-0.15, -0.1) is 0 Å². The predicted octanol–water partition coefficient (Wildman–Crippen LogP) is 0.722. The zero-order chi connectivity index (χ0) is 9.52. The Balaban J connectivity index is 2.68. The molecule has 1 aliphatic heterocycles. The first-order valence-electron chi connectivity index (χ1n) is 4.09. The Bertz CT molecular complexity index is 198. The monoisotopic (exact) mass is 172 g/mol. The van der Waals surface area contributed by atoms with Crippen molar-refractivity contribution in [3.8, 4) is 0 Å². The van der Waals surface area contributed by atoms with Crippen molar-refractivity contribution < 1.29 is 9.90 Å². The normalized spacial score (nSPS) is 29.8. The first-order valence-corrected chi connectivity index (χ1v) is 4.09. The highest BCUT2D eigenvalue weighted by atomic mass is 16.4. The maximum Gasteiger partial charge on any atom is 0.407 e. The minimum absolute atomic E-state index is 0.00102. The highest BCUT2D eigenvalue weighted by Gasteiger charge is 2.46. The topological polar surface area (TPSA) is 66.6 Å². The molecule has 0 radical (unpaired) electrons. The van der Waals surface area contributed by atoms with Gasteiger partial charge in [-0.05, 0) is 5.41 Å². The van der Waals surface area contributed by atoms with Crippen molar-refractivity contribution in [3.05, 3.63) is 0 Å². The summed E-state index contributed by atoms with van der Waals surface area (Å²) in [6.45, 7) is 6.49. The van der Waals surface area contributed by atoms with Crippen LogP contribution in [0, 0.1) is 5.41 Å². The van der Waals surface area contributed by atoms with Crippen LogP contribution in [0.4, 0.5) is 4.79 Å². The van der Waals surface area contributed by atoms with Crippen LogP contribution in [0.25, 0.3) is 0 Å². The minimum atomic E-state index is -0.864. The summed E-state index contributed by atoms with van der Waals surface area (Å²) < 4.78 is 0. The van der Waals surface area contributed by atoms with Crippen LogP contribution in [0.1, 0.15) is 20.8 Å². The maximum absolute atomic E-state index is 10.7. The first kappa shape index (κ1) is 9.32. The lowest BCUT2D eigenvalue weighted by Gasteiger charge is -2.51. The van der Waals surface area contributed by atoms with Gasteiger partial charge in [0.2, 0.25) is 0 Å². The molecule has 0 aromatic rings. The lowest BCUT2D eigenvalue weighted by atomic mass is 9.76. The van der Waals surface area contributed by atoms with E-state index < -0.39 is 6.09 Å². The lowest BCUT2D eigenvalue weighted by molar-refractivity contribution is 0.00138. The number of nitrogens with zero attached hydrogens (tertiary/aromatic N) is 1. The van der Waals surface area contributed by atoms with Crippen molar-refractivity contribution in [2.24, 2.45) is 11.1 Å². The van der Waals surface area contributed by atoms with Crippen molar-refractivity contribution in [1.82, 2.24) is 4.90 Å². The van der Waals surface area contributed by atoms with E-state index in [1.807, 2.05) is 20.8 Å².